The second-order valence-electron chi connectivity index (χ2n) is 7.90. The third-order valence-electron chi connectivity index (χ3n) is 5.85. The van der Waals surface area contributed by atoms with E-state index in [9.17, 15) is 18.7 Å². The number of aliphatic hydroxyl groups is 1. The van der Waals surface area contributed by atoms with Gasteiger partial charge in [-0.3, -0.25) is 9.78 Å². The molecule has 0 aliphatic heterocycles. The number of anilines is 1. The number of pyridine rings is 1. The molecule has 7 nitrogen and oxygen atoms in total. The molecule has 3 heterocycles. The summed E-state index contributed by atoms with van der Waals surface area (Å²) in [5, 5.41) is 13.1. The molecule has 0 unspecified atom stereocenters. The van der Waals surface area contributed by atoms with Crippen molar-refractivity contribution in [2.75, 3.05) is 5.32 Å². The van der Waals surface area contributed by atoms with Crippen molar-refractivity contribution in [3.05, 3.63) is 78.8 Å². The first-order chi connectivity index (χ1) is 16.0. The third-order valence-corrected chi connectivity index (χ3v) is 5.85. The van der Waals surface area contributed by atoms with Crippen molar-refractivity contribution in [1.82, 2.24) is 14.5 Å². The van der Waals surface area contributed by atoms with Crippen molar-refractivity contribution in [2.24, 2.45) is 0 Å². The Morgan fingerprint density at radius 1 is 1.15 bits per heavy atom. The summed E-state index contributed by atoms with van der Waals surface area (Å²) < 4.78 is 35.4. The van der Waals surface area contributed by atoms with E-state index in [0.717, 1.165) is 12.6 Å². The number of carbonyl (C=O) groups excluding carboxylic acids is 1. The van der Waals surface area contributed by atoms with Gasteiger partial charge in [0.15, 0.2) is 11.6 Å². The molecule has 1 saturated carbocycles. The fraction of sp³-hybridized carbons (Fsp3) is 0.208. The Balaban J connectivity index is 1.68. The first-order valence-corrected chi connectivity index (χ1v) is 10.5. The molecular weight excluding hydrogens is 430 g/mol. The van der Waals surface area contributed by atoms with Crippen LogP contribution in [0.3, 0.4) is 0 Å². The van der Waals surface area contributed by atoms with Gasteiger partial charge in [-0.15, -0.1) is 0 Å². The first kappa shape index (κ1) is 21.0. The molecule has 1 aliphatic rings. The molecule has 1 aromatic carbocycles. The predicted octanol–water partition coefficient (Wildman–Crippen LogP) is 4.82. The van der Waals surface area contributed by atoms with Gasteiger partial charge < -0.3 is 19.4 Å². The van der Waals surface area contributed by atoms with Gasteiger partial charge in [-0.2, -0.15) is 0 Å². The molecule has 4 aromatic rings. The van der Waals surface area contributed by atoms with E-state index in [2.05, 4.69) is 15.3 Å². The zero-order valence-electron chi connectivity index (χ0n) is 17.4. The highest BCUT2D eigenvalue weighted by Gasteiger charge is 2.31. The van der Waals surface area contributed by atoms with E-state index in [1.165, 1.54) is 30.7 Å². The molecule has 0 radical (unpaired) electrons. The Morgan fingerprint density at radius 3 is 2.67 bits per heavy atom. The van der Waals surface area contributed by atoms with Crippen molar-refractivity contribution in [2.45, 2.75) is 31.4 Å². The first-order valence-electron chi connectivity index (χ1n) is 10.5. The van der Waals surface area contributed by atoms with Gasteiger partial charge in [0, 0.05) is 17.3 Å². The lowest BCUT2D eigenvalue weighted by Crippen LogP contribution is -2.19. The highest BCUT2D eigenvalue weighted by molar-refractivity contribution is 6.05. The largest absolute Gasteiger partial charge is 0.459 e. The van der Waals surface area contributed by atoms with Crippen LogP contribution >= 0.6 is 0 Å². The van der Waals surface area contributed by atoms with E-state index >= 15 is 0 Å². The van der Waals surface area contributed by atoms with Crippen LogP contribution in [0.2, 0.25) is 0 Å². The number of benzene rings is 1. The minimum absolute atomic E-state index is 0.0237. The maximum absolute atomic E-state index is 15.0. The molecule has 9 heteroatoms. The van der Waals surface area contributed by atoms with Gasteiger partial charge in [0.25, 0.3) is 5.91 Å². The van der Waals surface area contributed by atoms with E-state index in [-0.39, 0.29) is 23.1 Å². The molecule has 0 spiro atoms. The number of nitrogens with one attached hydrogen (secondary N) is 1. The number of aliphatic hydroxyl groups excluding tert-OH is 1. The quantitative estimate of drug-likeness (QED) is 0.455. The second kappa shape index (κ2) is 8.59. The second-order valence-corrected chi connectivity index (χ2v) is 7.90. The lowest BCUT2D eigenvalue weighted by molar-refractivity contribution is 0.0996. The number of carbonyl (C=O) groups is 1. The van der Waals surface area contributed by atoms with E-state index in [1.54, 1.807) is 29.1 Å². The average molecular weight is 450 g/mol. The molecule has 0 bridgehead atoms. The minimum atomic E-state index is -0.739. The number of aromatic nitrogens is 3. The number of halogens is 2. The van der Waals surface area contributed by atoms with Crippen LogP contribution in [-0.4, -0.2) is 31.7 Å². The zero-order chi connectivity index (χ0) is 22.9. The summed E-state index contributed by atoms with van der Waals surface area (Å²) in [4.78, 5) is 21.2. The topological polar surface area (TPSA) is 93.2 Å². The van der Waals surface area contributed by atoms with Gasteiger partial charge in [-0.25, -0.2) is 13.8 Å². The maximum Gasteiger partial charge on any atom is 0.291 e. The zero-order valence-corrected chi connectivity index (χ0v) is 17.4. The Bertz CT molecular complexity index is 1290. The molecule has 2 N–H and O–H groups in total. The maximum atomic E-state index is 15.0. The Labute approximate surface area is 187 Å². The predicted molar refractivity (Wildman–Crippen MR) is 116 cm³/mol. The molecule has 5 rings (SSSR count). The van der Waals surface area contributed by atoms with Gasteiger partial charge in [-0.05, 0) is 55.7 Å². The van der Waals surface area contributed by atoms with Crippen LogP contribution in [0.5, 0.6) is 0 Å². The van der Waals surface area contributed by atoms with E-state index in [0.29, 0.717) is 29.8 Å². The van der Waals surface area contributed by atoms with E-state index in [4.69, 9.17) is 4.42 Å². The smallest absolute Gasteiger partial charge is 0.291 e. The fourth-order valence-corrected chi connectivity index (χ4v) is 4.27. The molecule has 33 heavy (non-hydrogen) atoms. The number of hydrogen-bond acceptors (Lipinski definition) is 5. The third kappa shape index (κ3) is 3.91. The van der Waals surface area contributed by atoms with Crippen molar-refractivity contribution >= 4 is 11.6 Å². The summed E-state index contributed by atoms with van der Waals surface area (Å²) in [6.45, 7) is 0. The monoisotopic (exact) mass is 450 g/mol. The number of rotatable bonds is 5. The van der Waals surface area contributed by atoms with Crippen LogP contribution in [-0.2, 0) is 0 Å². The Kier molecular flexibility index (Phi) is 5.47. The van der Waals surface area contributed by atoms with Crippen LogP contribution in [0.15, 0.2) is 65.8 Å². The van der Waals surface area contributed by atoms with Crippen LogP contribution in [0, 0.1) is 11.6 Å². The van der Waals surface area contributed by atoms with E-state index in [1.807, 2.05) is 0 Å². The molecule has 168 valence electrons. The van der Waals surface area contributed by atoms with Crippen molar-refractivity contribution < 1.29 is 23.1 Å². The fourth-order valence-electron chi connectivity index (χ4n) is 4.27. The van der Waals surface area contributed by atoms with Crippen LogP contribution in [0.25, 0.3) is 22.5 Å². The van der Waals surface area contributed by atoms with Gasteiger partial charge in [-0.1, -0.05) is 0 Å². The lowest BCUT2D eigenvalue weighted by atomic mass is 10.0. The summed E-state index contributed by atoms with van der Waals surface area (Å²) in [5.74, 6) is -1.74. The summed E-state index contributed by atoms with van der Waals surface area (Å²) in [6.07, 6.45) is 6.95. The summed E-state index contributed by atoms with van der Waals surface area (Å²) in [7, 11) is 0. The van der Waals surface area contributed by atoms with Crippen molar-refractivity contribution in [3.63, 3.8) is 0 Å². The number of imidazole rings is 1. The van der Waals surface area contributed by atoms with E-state index < -0.39 is 23.6 Å². The average Bonchev–Trinajstić information content (AvgIpc) is 3.56. The highest BCUT2D eigenvalue weighted by Crippen LogP contribution is 2.41. The Morgan fingerprint density at radius 2 is 1.97 bits per heavy atom. The highest BCUT2D eigenvalue weighted by atomic mass is 19.1. The molecule has 3 aromatic heterocycles. The Hall–Kier alpha value is -3.85. The molecule has 2 atom stereocenters. The van der Waals surface area contributed by atoms with Crippen LogP contribution < -0.4 is 5.32 Å². The van der Waals surface area contributed by atoms with Gasteiger partial charge in [0.1, 0.15) is 5.82 Å². The summed E-state index contributed by atoms with van der Waals surface area (Å²) >= 11 is 0. The number of nitrogens with zero attached hydrogens (tertiary/aromatic N) is 3. The SMILES string of the molecule is O=C(Nc1c(F)cncc1-c1c(-c2ccc(F)cc2)ncn1[C@@H]1CCC[C@H]1O)c1ccco1. The summed E-state index contributed by atoms with van der Waals surface area (Å²) in [6, 6.07) is 8.52. The molecule has 1 aliphatic carbocycles. The van der Waals surface area contributed by atoms with Gasteiger partial charge in [0.2, 0.25) is 0 Å². The molecule has 0 saturated heterocycles. The molecular formula is C24H20F2N4O3. The van der Waals surface area contributed by atoms with Crippen LogP contribution in [0.1, 0.15) is 35.9 Å². The van der Waals surface area contributed by atoms with Crippen molar-refractivity contribution in [1.29, 1.82) is 0 Å². The minimum Gasteiger partial charge on any atom is -0.459 e. The molecule has 1 fully saturated rings. The van der Waals surface area contributed by atoms with Gasteiger partial charge >= 0.3 is 0 Å². The van der Waals surface area contributed by atoms with Crippen molar-refractivity contribution in [3.8, 4) is 22.5 Å². The number of furan rings is 1. The number of hydrogen-bond donors (Lipinski definition) is 2. The van der Waals surface area contributed by atoms with Crippen LogP contribution in [0.4, 0.5) is 14.5 Å². The summed E-state index contributed by atoms with van der Waals surface area (Å²) in [5.41, 5.74) is 1.71. The molecule has 1 amide bonds. The normalized spacial score (nSPS) is 17.9. The van der Waals surface area contributed by atoms with Gasteiger partial charge in [0.05, 0.1) is 48.0 Å². The number of amides is 1. The lowest BCUT2D eigenvalue weighted by Gasteiger charge is -2.21. The standard InChI is InChI=1S/C24H20F2N4O3/c25-15-8-6-14(7-9-15)21-23(30(13-28-21)18-3-1-4-19(18)31)16-11-27-12-17(26)22(16)29-24(32)20-5-2-10-33-20/h2,5-13,18-19,31H,1,3-4H2,(H,27,29,32)/t18-,19-/m1/s1.